The highest BCUT2D eigenvalue weighted by molar-refractivity contribution is 7.99. The van der Waals surface area contributed by atoms with Gasteiger partial charge >= 0.3 is 0 Å². The van der Waals surface area contributed by atoms with Gasteiger partial charge in [-0.15, -0.1) is 0 Å². The molecular formula is C14H17F2NOS. The molecule has 0 aromatic heterocycles. The zero-order chi connectivity index (χ0) is 14.0. The number of benzene rings is 1. The minimum Gasteiger partial charge on any atom is -0.335 e. The van der Waals surface area contributed by atoms with Crippen LogP contribution in [0.1, 0.15) is 29.3 Å². The largest absolute Gasteiger partial charge is 0.335 e. The van der Waals surface area contributed by atoms with Crippen LogP contribution in [0.2, 0.25) is 0 Å². The van der Waals surface area contributed by atoms with Crippen molar-refractivity contribution in [2.75, 3.05) is 18.1 Å². The van der Waals surface area contributed by atoms with Crippen LogP contribution in [0.5, 0.6) is 0 Å². The number of rotatable bonds is 1. The number of aryl methyl sites for hydroxylation is 1. The summed E-state index contributed by atoms with van der Waals surface area (Å²) in [4.78, 5) is 14.0. The van der Waals surface area contributed by atoms with Crippen LogP contribution in [0, 0.1) is 18.6 Å². The van der Waals surface area contributed by atoms with Crippen LogP contribution < -0.4 is 0 Å². The molecule has 1 amide bonds. The molecule has 1 aliphatic heterocycles. The Morgan fingerprint density at radius 2 is 2.05 bits per heavy atom. The van der Waals surface area contributed by atoms with Gasteiger partial charge in [0.1, 0.15) is 11.6 Å². The number of nitrogens with zero attached hydrogens (tertiary/aromatic N) is 1. The van der Waals surface area contributed by atoms with Crippen LogP contribution in [0.15, 0.2) is 12.1 Å². The molecular weight excluding hydrogens is 268 g/mol. The molecule has 1 aromatic carbocycles. The number of halogens is 2. The van der Waals surface area contributed by atoms with Crippen LogP contribution in [-0.4, -0.2) is 34.9 Å². The number of thioether (sulfide) groups is 1. The van der Waals surface area contributed by atoms with Crippen molar-refractivity contribution in [3.05, 3.63) is 34.9 Å². The van der Waals surface area contributed by atoms with E-state index in [9.17, 15) is 13.6 Å². The molecule has 1 fully saturated rings. The second kappa shape index (κ2) is 5.90. The summed E-state index contributed by atoms with van der Waals surface area (Å²) in [5.41, 5.74) is 0.0513. The van der Waals surface area contributed by atoms with E-state index < -0.39 is 17.5 Å². The number of amides is 1. The van der Waals surface area contributed by atoms with Gasteiger partial charge in [-0.1, -0.05) is 0 Å². The fourth-order valence-corrected chi connectivity index (χ4v) is 3.20. The molecule has 0 aliphatic carbocycles. The molecule has 1 aromatic rings. The van der Waals surface area contributed by atoms with Crippen molar-refractivity contribution in [1.29, 1.82) is 0 Å². The molecule has 0 radical (unpaired) electrons. The average Bonchev–Trinajstić information content (AvgIpc) is 2.58. The molecule has 0 spiro atoms. The lowest BCUT2D eigenvalue weighted by Gasteiger charge is -2.27. The van der Waals surface area contributed by atoms with Crippen LogP contribution in [0.25, 0.3) is 0 Å². The van der Waals surface area contributed by atoms with Gasteiger partial charge in [-0.2, -0.15) is 11.8 Å². The van der Waals surface area contributed by atoms with E-state index in [1.165, 1.54) is 6.92 Å². The van der Waals surface area contributed by atoms with E-state index in [0.29, 0.717) is 6.54 Å². The molecule has 1 unspecified atom stereocenters. The molecule has 2 rings (SSSR count). The first-order valence-corrected chi connectivity index (χ1v) is 7.50. The highest BCUT2D eigenvalue weighted by atomic mass is 32.2. The topological polar surface area (TPSA) is 20.3 Å². The van der Waals surface area contributed by atoms with Crippen molar-refractivity contribution in [1.82, 2.24) is 4.90 Å². The van der Waals surface area contributed by atoms with E-state index >= 15 is 0 Å². The van der Waals surface area contributed by atoms with Gasteiger partial charge in [-0.05, 0) is 43.7 Å². The van der Waals surface area contributed by atoms with Crippen molar-refractivity contribution in [2.24, 2.45) is 0 Å². The maximum absolute atomic E-state index is 13.8. The van der Waals surface area contributed by atoms with E-state index in [4.69, 9.17) is 0 Å². The Hall–Kier alpha value is -1.10. The van der Waals surface area contributed by atoms with Gasteiger partial charge in [-0.3, -0.25) is 4.79 Å². The van der Waals surface area contributed by atoms with E-state index in [1.807, 2.05) is 6.92 Å². The van der Waals surface area contributed by atoms with Gasteiger partial charge < -0.3 is 4.90 Å². The first kappa shape index (κ1) is 14.3. The molecule has 0 saturated carbocycles. The lowest BCUT2D eigenvalue weighted by molar-refractivity contribution is 0.0701. The van der Waals surface area contributed by atoms with Gasteiger partial charge in [0.15, 0.2) is 0 Å². The molecule has 1 heterocycles. The van der Waals surface area contributed by atoms with E-state index in [2.05, 4.69) is 0 Å². The normalized spacial score (nSPS) is 20.2. The third kappa shape index (κ3) is 3.08. The lowest BCUT2D eigenvalue weighted by atomic mass is 10.1. The standard InChI is InChI=1S/C14H17F2NOS/c1-9-7-13(16)11(8-12(9)15)14(18)17-4-6-19-5-3-10(17)2/h7-8,10H,3-6H2,1-2H3. The number of carbonyl (C=O) groups excluding carboxylic acids is 1. The highest BCUT2D eigenvalue weighted by Gasteiger charge is 2.26. The zero-order valence-corrected chi connectivity index (χ0v) is 11.9. The predicted molar refractivity (Wildman–Crippen MR) is 73.5 cm³/mol. The number of hydrogen-bond donors (Lipinski definition) is 0. The van der Waals surface area contributed by atoms with Gasteiger partial charge in [0, 0.05) is 18.3 Å². The van der Waals surface area contributed by atoms with Crippen LogP contribution in [0.4, 0.5) is 8.78 Å². The minimum atomic E-state index is -0.645. The summed E-state index contributed by atoms with van der Waals surface area (Å²) in [7, 11) is 0. The zero-order valence-electron chi connectivity index (χ0n) is 11.1. The monoisotopic (exact) mass is 285 g/mol. The van der Waals surface area contributed by atoms with Crippen molar-refractivity contribution in [3.63, 3.8) is 0 Å². The SMILES string of the molecule is Cc1cc(F)c(C(=O)N2CCSCCC2C)cc1F. The molecule has 5 heteroatoms. The summed E-state index contributed by atoms with van der Waals surface area (Å²) in [5, 5.41) is 0. The Morgan fingerprint density at radius 3 is 2.79 bits per heavy atom. The van der Waals surface area contributed by atoms with Crippen molar-refractivity contribution in [2.45, 2.75) is 26.3 Å². The smallest absolute Gasteiger partial charge is 0.257 e. The first-order chi connectivity index (χ1) is 9.00. The molecule has 1 atom stereocenters. The molecule has 1 saturated heterocycles. The molecule has 0 bridgehead atoms. The summed E-state index contributed by atoms with van der Waals surface area (Å²) in [6.07, 6.45) is 0.881. The fourth-order valence-electron chi connectivity index (χ4n) is 2.16. The molecule has 0 N–H and O–H groups in total. The summed E-state index contributed by atoms with van der Waals surface area (Å²) in [6, 6.07) is 2.16. The van der Waals surface area contributed by atoms with Gasteiger partial charge in [0.25, 0.3) is 5.91 Å². The van der Waals surface area contributed by atoms with Crippen molar-refractivity contribution in [3.8, 4) is 0 Å². The Kier molecular flexibility index (Phi) is 4.45. The summed E-state index contributed by atoms with van der Waals surface area (Å²) >= 11 is 1.78. The molecule has 2 nitrogen and oxygen atoms in total. The predicted octanol–water partition coefficient (Wildman–Crippen LogP) is 3.24. The summed E-state index contributed by atoms with van der Waals surface area (Å²) in [6.45, 7) is 4.02. The third-order valence-corrected chi connectivity index (χ3v) is 4.42. The average molecular weight is 285 g/mol. The minimum absolute atomic E-state index is 0.0614. The second-order valence-corrected chi connectivity index (χ2v) is 6.05. The maximum atomic E-state index is 13.8. The van der Waals surface area contributed by atoms with Gasteiger partial charge in [0.05, 0.1) is 5.56 Å². The highest BCUT2D eigenvalue weighted by Crippen LogP contribution is 2.21. The second-order valence-electron chi connectivity index (χ2n) is 4.83. The summed E-state index contributed by atoms with van der Waals surface area (Å²) in [5.74, 6) is 0.239. The van der Waals surface area contributed by atoms with E-state index in [0.717, 1.165) is 30.1 Å². The van der Waals surface area contributed by atoms with Crippen molar-refractivity contribution >= 4 is 17.7 Å². The Labute approximate surface area is 116 Å². The van der Waals surface area contributed by atoms with Crippen LogP contribution in [0.3, 0.4) is 0 Å². The Balaban J connectivity index is 2.30. The molecule has 19 heavy (non-hydrogen) atoms. The first-order valence-electron chi connectivity index (χ1n) is 6.35. The maximum Gasteiger partial charge on any atom is 0.257 e. The Bertz CT molecular complexity index is 493. The number of carbonyl (C=O) groups is 1. The van der Waals surface area contributed by atoms with Crippen LogP contribution in [-0.2, 0) is 0 Å². The van der Waals surface area contributed by atoms with Crippen LogP contribution >= 0.6 is 11.8 Å². The summed E-state index contributed by atoms with van der Waals surface area (Å²) < 4.78 is 27.4. The lowest BCUT2D eigenvalue weighted by Crippen LogP contribution is -2.39. The van der Waals surface area contributed by atoms with Gasteiger partial charge in [-0.25, -0.2) is 8.78 Å². The quantitative estimate of drug-likeness (QED) is 0.789. The van der Waals surface area contributed by atoms with Crippen molar-refractivity contribution < 1.29 is 13.6 Å². The van der Waals surface area contributed by atoms with E-state index in [1.54, 1.807) is 16.7 Å². The Morgan fingerprint density at radius 1 is 1.32 bits per heavy atom. The van der Waals surface area contributed by atoms with Gasteiger partial charge in [0.2, 0.25) is 0 Å². The number of hydrogen-bond acceptors (Lipinski definition) is 2. The molecule has 104 valence electrons. The van der Waals surface area contributed by atoms with E-state index in [-0.39, 0.29) is 17.2 Å². The molecule has 1 aliphatic rings. The third-order valence-electron chi connectivity index (χ3n) is 3.43. The fraction of sp³-hybridized carbons (Fsp3) is 0.500.